The summed E-state index contributed by atoms with van der Waals surface area (Å²) in [5, 5.41) is 0.301. The molecule has 158 valence electrons. The zero-order valence-electron chi connectivity index (χ0n) is 17.5. The molecule has 0 fully saturated rings. The molecule has 3 aromatic rings. The third-order valence-electron chi connectivity index (χ3n) is 5.13. The Hall–Kier alpha value is -3.11. The van der Waals surface area contributed by atoms with Gasteiger partial charge < -0.3 is 9.47 Å². The number of ketones is 1. The fourth-order valence-electron chi connectivity index (χ4n) is 3.29. The number of halogens is 2. The average Bonchev–Trinajstić information content (AvgIpc) is 3.02. The highest BCUT2D eigenvalue weighted by Gasteiger charge is 2.27. The summed E-state index contributed by atoms with van der Waals surface area (Å²) >= 11 is 6.04. The maximum absolute atomic E-state index is 13.2. The van der Waals surface area contributed by atoms with Crippen molar-refractivity contribution in [1.82, 2.24) is 0 Å². The molecule has 0 atom stereocenters. The molecule has 0 aromatic heterocycles. The highest BCUT2D eigenvalue weighted by Crippen LogP contribution is 2.35. The molecule has 1 heterocycles. The molecule has 1 aliphatic rings. The van der Waals surface area contributed by atoms with Crippen molar-refractivity contribution >= 4 is 23.5 Å². The van der Waals surface area contributed by atoms with Gasteiger partial charge in [-0.3, -0.25) is 4.79 Å². The molecule has 1 aliphatic heterocycles. The number of carbonyl (C=O) groups is 1. The summed E-state index contributed by atoms with van der Waals surface area (Å²) in [6, 6.07) is 17.3. The molecular weight excluding hydrogens is 415 g/mol. The van der Waals surface area contributed by atoms with Crippen LogP contribution in [0, 0.1) is 5.82 Å². The summed E-state index contributed by atoms with van der Waals surface area (Å²) in [5.74, 6) is 0.693. The Morgan fingerprint density at radius 3 is 2.45 bits per heavy atom. The number of benzene rings is 3. The number of Topliss-reactive ketones (excluding diaryl/α,β-unsaturated/α-hetero) is 1. The Morgan fingerprint density at radius 1 is 1.03 bits per heavy atom. The van der Waals surface area contributed by atoms with E-state index in [9.17, 15) is 9.18 Å². The molecule has 3 aromatic carbocycles. The SMILES string of the molecule is CC(C)(C)c1ccc(/C=C2\Oc3cc(OCc4ccc(F)cc4Cl)ccc3C2=O)cc1. The minimum Gasteiger partial charge on any atom is -0.489 e. The Labute approximate surface area is 186 Å². The van der Waals surface area contributed by atoms with Crippen molar-refractivity contribution in [2.75, 3.05) is 0 Å². The monoisotopic (exact) mass is 436 g/mol. The number of carbonyl (C=O) groups excluding carboxylic acids is 1. The van der Waals surface area contributed by atoms with Gasteiger partial charge >= 0.3 is 0 Å². The van der Waals surface area contributed by atoms with Gasteiger partial charge in [0.2, 0.25) is 5.78 Å². The standard InChI is InChI=1S/C26H22ClFO3/c1-26(2,3)18-7-4-16(5-8-18)12-24-25(29)21-11-10-20(14-23(21)31-24)30-15-17-6-9-19(28)13-22(17)27/h4-14H,15H2,1-3H3/b24-12-. The second-order valence-electron chi connectivity index (χ2n) is 8.49. The van der Waals surface area contributed by atoms with Gasteiger partial charge in [-0.2, -0.15) is 0 Å². The van der Waals surface area contributed by atoms with E-state index in [1.54, 1.807) is 30.3 Å². The van der Waals surface area contributed by atoms with Gasteiger partial charge in [-0.1, -0.05) is 62.7 Å². The molecule has 0 bridgehead atoms. The van der Waals surface area contributed by atoms with Crippen LogP contribution in [0.3, 0.4) is 0 Å². The van der Waals surface area contributed by atoms with E-state index in [2.05, 4.69) is 32.9 Å². The molecule has 0 unspecified atom stereocenters. The quantitative estimate of drug-likeness (QED) is 0.414. The van der Waals surface area contributed by atoms with E-state index in [0.717, 1.165) is 5.56 Å². The van der Waals surface area contributed by atoms with E-state index < -0.39 is 5.82 Å². The van der Waals surface area contributed by atoms with Crippen LogP contribution < -0.4 is 9.47 Å². The number of hydrogen-bond acceptors (Lipinski definition) is 3. The molecule has 3 nitrogen and oxygen atoms in total. The van der Waals surface area contributed by atoms with E-state index in [1.165, 1.54) is 17.7 Å². The van der Waals surface area contributed by atoms with Crippen LogP contribution in [0.25, 0.3) is 6.08 Å². The number of fused-ring (bicyclic) bond motifs is 1. The smallest absolute Gasteiger partial charge is 0.231 e. The number of ether oxygens (including phenoxy) is 2. The average molecular weight is 437 g/mol. The van der Waals surface area contributed by atoms with Crippen LogP contribution in [0.15, 0.2) is 66.4 Å². The van der Waals surface area contributed by atoms with Gasteiger partial charge in [-0.15, -0.1) is 0 Å². The summed E-state index contributed by atoms with van der Waals surface area (Å²) in [7, 11) is 0. The van der Waals surface area contributed by atoms with E-state index in [4.69, 9.17) is 21.1 Å². The van der Waals surface area contributed by atoms with E-state index in [0.29, 0.717) is 27.6 Å². The van der Waals surface area contributed by atoms with Crippen molar-refractivity contribution in [2.45, 2.75) is 32.8 Å². The van der Waals surface area contributed by atoms with Crippen molar-refractivity contribution in [1.29, 1.82) is 0 Å². The van der Waals surface area contributed by atoms with Crippen LogP contribution in [-0.4, -0.2) is 5.78 Å². The lowest BCUT2D eigenvalue weighted by molar-refractivity contribution is 0.101. The van der Waals surface area contributed by atoms with Crippen molar-refractivity contribution in [2.24, 2.45) is 0 Å². The normalized spacial score (nSPS) is 14.5. The minimum absolute atomic E-state index is 0.0656. The van der Waals surface area contributed by atoms with Crippen molar-refractivity contribution in [3.05, 3.63) is 99.5 Å². The molecule has 0 aliphatic carbocycles. The van der Waals surface area contributed by atoms with Crippen LogP contribution in [0.5, 0.6) is 11.5 Å². The largest absolute Gasteiger partial charge is 0.489 e. The molecule has 0 radical (unpaired) electrons. The van der Waals surface area contributed by atoms with Crippen molar-refractivity contribution in [3.8, 4) is 11.5 Å². The lowest BCUT2D eigenvalue weighted by Gasteiger charge is -2.18. The maximum Gasteiger partial charge on any atom is 0.231 e. The van der Waals surface area contributed by atoms with E-state index in [1.807, 2.05) is 12.1 Å². The molecule has 0 N–H and O–H groups in total. The Bertz CT molecular complexity index is 1170. The second-order valence-corrected chi connectivity index (χ2v) is 8.90. The second kappa shape index (κ2) is 8.20. The zero-order valence-corrected chi connectivity index (χ0v) is 18.3. The van der Waals surface area contributed by atoms with Gasteiger partial charge in [-0.05, 0) is 46.9 Å². The lowest BCUT2D eigenvalue weighted by Crippen LogP contribution is -2.10. The maximum atomic E-state index is 13.2. The molecular formula is C26H22ClFO3. The zero-order chi connectivity index (χ0) is 22.2. The molecule has 0 saturated heterocycles. The van der Waals surface area contributed by atoms with E-state index in [-0.39, 0.29) is 23.6 Å². The first-order valence-corrected chi connectivity index (χ1v) is 10.3. The van der Waals surface area contributed by atoms with Gasteiger partial charge in [0.05, 0.1) is 10.6 Å². The summed E-state index contributed by atoms with van der Waals surface area (Å²) in [6.07, 6.45) is 1.74. The van der Waals surface area contributed by atoms with Crippen LogP contribution in [0.2, 0.25) is 5.02 Å². The Morgan fingerprint density at radius 2 is 1.77 bits per heavy atom. The lowest BCUT2D eigenvalue weighted by atomic mass is 9.86. The Kier molecular flexibility index (Phi) is 5.59. The van der Waals surface area contributed by atoms with Gasteiger partial charge in [0.1, 0.15) is 23.9 Å². The molecule has 0 spiro atoms. The predicted molar refractivity (Wildman–Crippen MR) is 120 cm³/mol. The fraction of sp³-hybridized carbons (Fsp3) is 0.192. The molecule has 31 heavy (non-hydrogen) atoms. The third-order valence-corrected chi connectivity index (χ3v) is 5.48. The van der Waals surface area contributed by atoms with Crippen LogP contribution in [-0.2, 0) is 12.0 Å². The molecule has 5 heteroatoms. The first kappa shape index (κ1) is 21.1. The highest BCUT2D eigenvalue weighted by molar-refractivity contribution is 6.31. The topological polar surface area (TPSA) is 35.5 Å². The summed E-state index contributed by atoms with van der Waals surface area (Å²) < 4.78 is 24.7. The molecule has 0 saturated carbocycles. The summed E-state index contributed by atoms with van der Waals surface area (Å²) in [5.41, 5.74) is 3.34. The van der Waals surface area contributed by atoms with Crippen molar-refractivity contribution < 1.29 is 18.7 Å². The molecule has 4 rings (SSSR count). The summed E-state index contributed by atoms with van der Waals surface area (Å²) in [6.45, 7) is 6.65. The van der Waals surface area contributed by atoms with Gasteiger partial charge in [0.25, 0.3) is 0 Å². The number of hydrogen-bond donors (Lipinski definition) is 0. The highest BCUT2D eigenvalue weighted by atomic mass is 35.5. The minimum atomic E-state index is -0.398. The predicted octanol–water partition coefficient (Wildman–Crippen LogP) is 6.97. The summed E-state index contributed by atoms with van der Waals surface area (Å²) in [4.78, 5) is 12.7. The Balaban J connectivity index is 1.49. The van der Waals surface area contributed by atoms with Gasteiger partial charge in [0, 0.05) is 11.6 Å². The first-order chi connectivity index (χ1) is 14.7. The number of rotatable bonds is 4. The van der Waals surface area contributed by atoms with Crippen LogP contribution in [0.1, 0.15) is 47.8 Å². The number of allylic oxidation sites excluding steroid dienone is 1. The molecule has 0 amide bonds. The van der Waals surface area contributed by atoms with E-state index >= 15 is 0 Å². The van der Waals surface area contributed by atoms with Gasteiger partial charge in [0.15, 0.2) is 5.76 Å². The van der Waals surface area contributed by atoms with Gasteiger partial charge in [-0.25, -0.2) is 4.39 Å². The van der Waals surface area contributed by atoms with Crippen LogP contribution in [0.4, 0.5) is 4.39 Å². The fourth-order valence-corrected chi connectivity index (χ4v) is 3.51. The van der Waals surface area contributed by atoms with Crippen molar-refractivity contribution in [3.63, 3.8) is 0 Å². The van der Waals surface area contributed by atoms with Crippen LogP contribution >= 0.6 is 11.6 Å². The first-order valence-electron chi connectivity index (χ1n) is 9.96. The third kappa shape index (κ3) is 4.64.